The molecule has 1 atom stereocenters. The second-order valence-corrected chi connectivity index (χ2v) is 4.90. The number of ketones is 1. The first kappa shape index (κ1) is 12.7. The van der Waals surface area contributed by atoms with E-state index in [0.29, 0.717) is 6.42 Å². The lowest BCUT2D eigenvalue weighted by Crippen LogP contribution is -2.36. The second-order valence-electron chi connectivity index (χ2n) is 4.90. The van der Waals surface area contributed by atoms with Crippen LogP contribution in [0, 0.1) is 5.92 Å². The fourth-order valence-corrected chi connectivity index (χ4v) is 1.99. The van der Waals surface area contributed by atoms with Crippen molar-refractivity contribution in [3.63, 3.8) is 0 Å². The molecule has 0 amide bonds. The van der Waals surface area contributed by atoms with Crippen LogP contribution in [0.4, 0.5) is 0 Å². The average molecular weight is 242 g/mol. The predicted octanol–water partition coefficient (Wildman–Crippen LogP) is 2.33. The van der Waals surface area contributed by atoms with Crippen LogP contribution in [0.1, 0.15) is 19.4 Å². The summed E-state index contributed by atoms with van der Waals surface area (Å²) >= 11 is 0. The number of Topliss-reactive ketones (excluding diaryl/α,β-unsaturated/α-hetero) is 1. The molecule has 2 N–H and O–H groups in total. The summed E-state index contributed by atoms with van der Waals surface area (Å²) in [6, 6.07) is 9.35. The number of nitrogens with two attached hydrogens (primary N) is 1. The summed E-state index contributed by atoms with van der Waals surface area (Å²) in [4.78, 5) is 16.3. The zero-order valence-electron chi connectivity index (χ0n) is 10.8. The minimum Gasteiger partial charge on any atom is -0.321 e. The first-order valence-electron chi connectivity index (χ1n) is 6.20. The number of aromatic nitrogens is 1. The van der Waals surface area contributed by atoms with Gasteiger partial charge < -0.3 is 5.73 Å². The van der Waals surface area contributed by atoms with Crippen molar-refractivity contribution in [3.05, 3.63) is 42.1 Å². The van der Waals surface area contributed by atoms with Crippen molar-refractivity contribution in [3.8, 4) is 0 Å². The minimum absolute atomic E-state index is 0.0846. The zero-order chi connectivity index (χ0) is 13.1. The number of para-hydroxylation sites is 1. The fraction of sp³-hybridized carbons (Fsp3) is 0.333. The Morgan fingerprint density at radius 2 is 2.00 bits per heavy atom. The summed E-state index contributed by atoms with van der Waals surface area (Å²) in [5.41, 5.74) is 7.81. The van der Waals surface area contributed by atoms with Crippen LogP contribution in [0.5, 0.6) is 0 Å². The van der Waals surface area contributed by atoms with Gasteiger partial charge in [-0.3, -0.25) is 9.78 Å². The molecule has 0 fully saturated rings. The Morgan fingerprint density at radius 3 is 2.72 bits per heavy atom. The molecule has 2 rings (SSSR count). The molecule has 0 bridgehead atoms. The molecule has 1 aromatic heterocycles. The lowest BCUT2D eigenvalue weighted by molar-refractivity contribution is -0.120. The second kappa shape index (κ2) is 5.27. The van der Waals surface area contributed by atoms with Crippen LogP contribution < -0.4 is 5.73 Å². The third kappa shape index (κ3) is 2.57. The van der Waals surface area contributed by atoms with Gasteiger partial charge in [0.2, 0.25) is 0 Å². The van der Waals surface area contributed by atoms with Gasteiger partial charge in [0.05, 0.1) is 11.6 Å². The Morgan fingerprint density at radius 1 is 1.28 bits per heavy atom. The van der Waals surface area contributed by atoms with Crippen LogP contribution in [0.3, 0.4) is 0 Å². The summed E-state index contributed by atoms with van der Waals surface area (Å²) in [7, 11) is 0. The normalized spacial score (nSPS) is 12.9. The van der Waals surface area contributed by atoms with E-state index in [1.165, 1.54) is 0 Å². The van der Waals surface area contributed by atoms with Crippen LogP contribution in [-0.2, 0) is 11.2 Å². The molecule has 2 aromatic rings. The van der Waals surface area contributed by atoms with Crippen molar-refractivity contribution in [1.29, 1.82) is 0 Å². The van der Waals surface area contributed by atoms with Crippen LogP contribution in [0.25, 0.3) is 10.9 Å². The maximum Gasteiger partial charge on any atom is 0.154 e. The molecule has 3 heteroatoms. The summed E-state index contributed by atoms with van der Waals surface area (Å²) in [5, 5.41) is 1.03. The molecule has 0 aliphatic rings. The van der Waals surface area contributed by atoms with E-state index in [2.05, 4.69) is 4.98 Å². The van der Waals surface area contributed by atoms with E-state index in [9.17, 15) is 4.79 Å². The van der Waals surface area contributed by atoms with Crippen molar-refractivity contribution in [2.75, 3.05) is 0 Å². The molecule has 0 radical (unpaired) electrons. The quantitative estimate of drug-likeness (QED) is 0.895. The van der Waals surface area contributed by atoms with Gasteiger partial charge in [-0.15, -0.1) is 0 Å². The highest BCUT2D eigenvalue weighted by Gasteiger charge is 2.18. The van der Waals surface area contributed by atoms with Gasteiger partial charge in [-0.05, 0) is 23.6 Å². The summed E-state index contributed by atoms with van der Waals surface area (Å²) < 4.78 is 0. The number of fused-ring (bicyclic) bond motifs is 1. The van der Waals surface area contributed by atoms with Gasteiger partial charge >= 0.3 is 0 Å². The standard InChI is InChI=1S/C15H18N2O/c1-10(2)15(16)14(18)9-11-7-8-17-13-6-4-3-5-12(11)13/h3-8,10,15H,9,16H2,1-2H3. The van der Waals surface area contributed by atoms with E-state index in [0.717, 1.165) is 16.5 Å². The molecular weight excluding hydrogens is 224 g/mol. The van der Waals surface area contributed by atoms with Crippen LogP contribution in [-0.4, -0.2) is 16.8 Å². The van der Waals surface area contributed by atoms with E-state index in [4.69, 9.17) is 5.73 Å². The van der Waals surface area contributed by atoms with Gasteiger partial charge in [-0.1, -0.05) is 32.0 Å². The molecule has 0 aliphatic heterocycles. The number of hydrogen-bond donors (Lipinski definition) is 1. The summed E-state index contributed by atoms with van der Waals surface area (Å²) in [6.07, 6.45) is 2.12. The van der Waals surface area contributed by atoms with Crippen LogP contribution in [0.15, 0.2) is 36.5 Å². The number of nitrogens with zero attached hydrogens (tertiary/aromatic N) is 1. The number of hydrogen-bond acceptors (Lipinski definition) is 3. The Kier molecular flexibility index (Phi) is 3.72. The van der Waals surface area contributed by atoms with Crippen molar-refractivity contribution in [1.82, 2.24) is 4.98 Å². The highest BCUT2D eigenvalue weighted by molar-refractivity contribution is 5.91. The van der Waals surface area contributed by atoms with Crippen LogP contribution >= 0.6 is 0 Å². The van der Waals surface area contributed by atoms with Gasteiger partial charge in [0, 0.05) is 18.0 Å². The monoisotopic (exact) mass is 242 g/mol. The molecule has 1 unspecified atom stereocenters. The lowest BCUT2D eigenvalue weighted by Gasteiger charge is -2.14. The third-order valence-corrected chi connectivity index (χ3v) is 3.19. The third-order valence-electron chi connectivity index (χ3n) is 3.19. The smallest absolute Gasteiger partial charge is 0.154 e. The molecule has 18 heavy (non-hydrogen) atoms. The Labute approximate surface area is 107 Å². The Balaban J connectivity index is 2.30. The van der Waals surface area contributed by atoms with Crippen molar-refractivity contribution in [2.45, 2.75) is 26.3 Å². The van der Waals surface area contributed by atoms with Crippen molar-refractivity contribution < 1.29 is 4.79 Å². The van der Waals surface area contributed by atoms with E-state index < -0.39 is 6.04 Å². The van der Waals surface area contributed by atoms with E-state index in [1.54, 1.807) is 6.20 Å². The summed E-state index contributed by atoms with van der Waals surface area (Å²) in [6.45, 7) is 3.93. The lowest BCUT2D eigenvalue weighted by atomic mass is 9.95. The molecular formula is C15H18N2O. The number of carbonyl (C=O) groups is 1. The van der Waals surface area contributed by atoms with Gasteiger partial charge in [0.15, 0.2) is 5.78 Å². The largest absolute Gasteiger partial charge is 0.321 e. The topological polar surface area (TPSA) is 56.0 Å². The zero-order valence-corrected chi connectivity index (χ0v) is 10.8. The molecule has 0 aliphatic carbocycles. The van der Waals surface area contributed by atoms with Gasteiger partial charge in [-0.2, -0.15) is 0 Å². The highest BCUT2D eigenvalue weighted by Crippen LogP contribution is 2.17. The van der Waals surface area contributed by atoms with E-state index in [1.807, 2.05) is 44.2 Å². The molecule has 1 heterocycles. The minimum atomic E-state index is -0.392. The number of pyridine rings is 1. The van der Waals surface area contributed by atoms with Crippen LogP contribution in [0.2, 0.25) is 0 Å². The maximum absolute atomic E-state index is 12.1. The van der Waals surface area contributed by atoms with Gasteiger partial charge in [0.1, 0.15) is 0 Å². The summed E-state index contributed by atoms with van der Waals surface area (Å²) in [5.74, 6) is 0.256. The van der Waals surface area contributed by atoms with Gasteiger partial charge in [0.25, 0.3) is 0 Å². The Bertz CT molecular complexity index is 558. The SMILES string of the molecule is CC(C)C(N)C(=O)Cc1ccnc2ccccc12. The van der Waals surface area contributed by atoms with E-state index >= 15 is 0 Å². The number of benzene rings is 1. The van der Waals surface area contributed by atoms with Crippen molar-refractivity contribution in [2.24, 2.45) is 11.7 Å². The molecule has 0 saturated heterocycles. The van der Waals surface area contributed by atoms with Gasteiger partial charge in [-0.25, -0.2) is 0 Å². The molecule has 94 valence electrons. The highest BCUT2D eigenvalue weighted by atomic mass is 16.1. The first-order chi connectivity index (χ1) is 8.59. The van der Waals surface area contributed by atoms with E-state index in [-0.39, 0.29) is 11.7 Å². The number of rotatable bonds is 4. The number of carbonyl (C=O) groups excluding carboxylic acids is 1. The fourth-order valence-electron chi connectivity index (χ4n) is 1.99. The van der Waals surface area contributed by atoms with Crippen molar-refractivity contribution >= 4 is 16.7 Å². The Hall–Kier alpha value is -1.74. The molecule has 3 nitrogen and oxygen atoms in total. The first-order valence-corrected chi connectivity index (χ1v) is 6.20. The molecule has 0 spiro atoms. The average Bonchev–Trinajstić information content (AvgIpc) is 2.38. The molecule has 0 saturated carbocycles. The predicted molar refractivity (Wildman–Crippen MR) is 73.3 cm³/mol. The maximum atomic E-state index is 12.1. The molecule has 1 aromatic carbocycles.